The summed E-state index contributed by atoms with van der Waals surface area (Å²) in [5.74, 6) is -0.404. The Labute approximate surface area is 141 Å². The van der Waals surface area contributed by atoms with Crippen molar-refractivity contribution in [2.24, 2.45) is 5.41 Å². The van der Waals surface area contributed by atoms with Gasteiger partial charge in [-0.15, -0.1) is 0 Å². The van der Waals surface area contributed by atoms with Gasteiger partial charge in [0.15, 0.2) is 0 Å². The third kappa shape index (κ3) is 4.43. The van der Waals surface area contributed by atoms with Crippen LogP contribution in [-0.4, -0.2) is 11.8 Å². The largest absolute Gasteiger partial charge is 0.326 e. The van der Waals surface area contributed by atoms with Crippen LogP contribution in [0.3, 0.4) is 0 Å². The van der Waals surface area contributed by atoms with Crippen molar-refractivity contribution in [2.75, 3.05) is 10.6 Å². The number of hydrogen-bond acceptors (Lipinski definition) is 3. The van der Waals surface area contributed by atoms with E-state index in [2.05, 4.69) is 10.6 Å². The van der Waals surface area contributed by atoms with E-state index in [1.54, 1.807) is 48.5 Å². The number of amides is 2. The summed E-state index contributed by atoms with van der Waals surface area (Å²) in [6.07, 6.45) is 0. The highest BCUT2D eigenvalue weighted by atomic mass is 16.2. The molecule has 2 aromatic carbocycles. The Morgan fingerprint density at radius 1 is 0.958 bits per heavy atom. The number of anilines is 2. The maximum Gasteiger partial charge on any atom is 0.255 e. The van der Waals surface area contributed by atoms with Crippen LogP contribution in [0, 0.1) is 16.7 Å². The zero-order valence-electron chi connectivity index (χ0n) is 13.9. The Balaban J connectivity index is 2.11. The molecule has 122 valence electrons. The minimum absolute atomic E-state index is 0.118. The molecule has 5 nitrogen and oxygen atoms in total. The van der Waals surface area contributed by atoms with Gasteiger partial charge < -0.3 is 10.6 Å². The van der Waals surface area contributed by atoms with Gasteiger partial charge >= 0.3 is 0 Å². The lowest BCUT2D eigenvalue weighted by atomic mass is 9.95. The van der Waals surface area contributed by atoms with Crippen molar-refractivity contribution in [3.05, 3.63) is 59.7 Å². The summed E-state index contributed by atoms with van der Waals surface area (Å²) in [7, 11) is 0. The summed E-state index contributed by atoms with van der Waals surface area (Å²) >= 11 is 0. The third-order valence-corrected chi connectivity index (χ3v) is 3.34. The van der Waals surface area contributed by atoms with Gasteiger partial charge in [-0.25, -0.2) is 0 Å². The maximum absolute atomic E-state index is 12.3. The van der Waals surface area contributed by atoms with Crippen LogP contribution in [0.1, 0.15) is 36.7 Å². The quantitative estimate of drug-likeness (QED) is 0.902. The van der Waals surface area contributed by atoms with Gasteiger partial charge in [0.2, 0.25) is 5.91 Å². The summed E-state index contributed by atoms with van der Waals surface area (Å²) in [6, 6.07) is 15.4. The van der Waals surface area contributed by atoms with E-state index in [1.165, 1.54) is 0 Å². The number of carbonyl (C=O) groups excluding carboxylic acids is 2. The van der Waals surface area contributed by atoms with Crippen molar-refractivity contribution in [2.45, 2.75) is 20.8 Å². The molecule has 0 aliphatic rings. The summed E-state index contributed by atoms with van der Waals surface area (Å²) in [6.45, 7) is 5.47. The van der Waals surface area contributed by atoms with E-state index < -0.39 is 5.41 Å². The molecule has 0 heterocycles. The molecule has 0 saturated carbocycles. The molecular formula is C19H19N3O2. The molecule has 0 spiro atoms. The van der Waals surface area contributed by atoms with E-state index in [4.69, 9.17) is 5.26 Å². The van der Waals surface area contributed by atoms with Crippen LogP contribution in [0.4, 0.5) is 11.4 Å². The lowest BCUT2D eigenvalue weighted by Crippen LogP contribution is -2.27. The van der Waals surface area contributed by atoms with Gasteiger partial charge in [0.1, 0.15) is 0 Å². The number of nitrogens with one attached hydrogen (secondary N) is 2. The fourth-order valence-electron chi connectivity index (χ4n) is 1.89. The minimum Gasteiger partial charge on any atom is -0.326 e. The zero-order valence-corrected chi connectivity index (χ0v) is 13.9. The summed E-state index contributed by atoms with van der Waals surface area (Å²) < 4.78 is 0. The maximum atomic E-state index is 12.3. The average molecular weight is 321 g/mol. The summed E-state index contributed by atoms with van der Waals surface area (Å²) in [5.41, 5.74) is 1.62. The van der Waals surface area contributed by atoms with Gasteiger partial charge in [-0.05, 0) is 42.5 Å². The molecular weight excluding hydrogens is 302 g/mol. The molecule has 0 aliphatic carbocycles. The van der Waals surface area contributed by atoms with Crippen LogP contribution in [0.5, 0.6) is 0 Å². The molecule has 2 N–H and O–H groups in total. The van der Waals surface area contributed by atoms with Gasteiger partial charge in [-0.3, -0.25) is 9.59 Å². The summed E-state index contributed by atoms with van der Waals surface area (Å²) in [5, 5.41) is 14.3. The smallest absolute Gasteiger partial charge is 0.255 e. The normalized spacial score (nSPS) is 10.6. The molecule has 2 amide bonds. The number of carbonyl (C=O) groups is 2. The highest BCUT2D eigenvalue weighted by molar-refractivity contribution is 6.05. The molecule has 2 aromatic rings. The minimum atomic E-state index is -0.513. The van der Waals surface area contributed by atoms with Crippen molar-refractivity contribution in [3.63, 3.8) is 0 Å². The van der Waals surface area contributed by atoms with Crippen molar-refractivity contribution in [1.29, 1.82) is 5.26 Å². The van der Waals surface area contributed by atoms with E-state index in [9.17, 15) is 9.59 Å². The molecule has 0 radical (unpaired) electrons. The van der Waals surface area contributed by atoms with Crippen molar-refractivity contribution >= 4 is 23.2 Å². The zero-order chi connectivity index (χ0) is 17.7. The van der Waals surface area contributed by atoms with E-state index in [-0.39, 0.29) is 11.8 Å². The Bertz CT molecular complexity index is 797. The molecule has 0 bridgehead atoms. The molecule has 0 fully saturated rings. The molecule has 5 heteroatoms. The number of rotatable bonds is 3. The highest BCUT2D eigenvalue weighted by Gasteiger charge is 2.21. The monoisotopic (exact) mass is 321 g/mol. The first-order chi connectivity index (χ1) is 11.3. The Morgan fingerprint density at radius 2 is 1.62 bits per heavy atom. The van der Waals surface area contributed by atoms with E-state index in [0.717, 1.165) is 0 Å². The van der Waals surface area contributed by atoms with Crippen LogP contribution in [0.2, 0.25) is 0 Å². The SMILES string of the molecule is CC(C)(C)C(=O)Nc1cccc(C(=O)Nc2ccc(C#N)cc2)c1. The Morgan fingerprint density at radius 3 is 2.21 bits per heavy atom. The molecule has 0 aromatic heterocycles. The number of benzene rings is 2. The van der Waals surface area contributed by atoms with Crippen molar-refractivity contribution < 1.29 is 9.59 Å². The lowest BCUT2D eigenvalue weighted by Gasteiger charge is -2.18. The average Bonchev–Trinajstić information content (AvgIpc) is 2.55. The van der Waals surface area contributed by atoms with Crippen LogP contribution in [0.15, 0.2) is 48.5 Å². The molecule has 0 aliphatic heterocycles. The fourth-order valence-corrected chi connectivity index (χ4v) is 1.89. The second-order valence-corrected chi connectivity index (χ2v) is 6.43. The Hall–Kier alpha value is -3.13. The topological polar surface area (TPSA) is 82.0 Å². The van der Waals surface area contributed by atoms with E-state index in [1.807, 2.05) is 26.8 Å². The second-order valence-electron chi connectivity index (χ2n) is 6.43. The van der Waals surface area contributed by atoms with Gasteiger partial charge in [0.25, 0.3) is 5.91 Å². The molecule has 0 atom stereocenters. The third-order valence-electron chi connectivity index (χ3n) is 3.34. The molecule has 2 rings (SSSR count). The first kappa shape index (κ1) is 17.2. The first-order valence-electron chi connectivity index (χ1n) is 7.52. The number of hydrogen-bond donors (Lipinski definition) is 2. The highest BCUT2D eigenvalue weighted by Crippen LogP contribution is 2.19. The second kappa shape index (κ2) is 6.97. The Kier molecular flexibility index (Phi) is 5.00. The van der Waals surface area contributed by atoms with Crippen LogP contribution in [0.25, 0.3) is 0 Å². The fraction of sp³-hybridized carbons (Fsp3) is 0.211. The van der Waals surface area contributed by atoms with Gasteiger partial charge in [0, 0.05) is 22.4 Å². The molecule has 0 unspecified atom stereocenters. The standard InChI is InChI=1S/C19H19N3O2/c1-19(2,3)18(24)22-16-6-4-5-14(11-16)17(23)21-15-9-7-13(12-20)8-10-15/h4-11H,1-3H3,(H,21,23)(H,22,24). The van der Waals surface area contributed by atoms with Crippen LogP contribution in [-0.2, 0) is 4.79 Å². The summed E-state index contributed by atoms with van der Waals surface area (Å²) in [4.78, 5) is 24.3. The molecule has 0 saturated heterocycles. The van der Waals surface area contributed by atoms with Gasteiger partial charge in [-0.1, -0.05) is 26.8 Å². The molecule has 24 heavy (non-hydrogen) atoms. The van der Waals surface area contributed by atoms with Gasteiger partial charge in [0.05, 0.1) is 11.6 Å². The van der Waals surface area contributed by atoms with E-state index in [0.29, 0.717) is 22.5 Å². The number of nitriles is 1. The van der Waals surface area contributed by atoms with Crippen molar-refractivity contribution in [1.82, 2.24) is 0 Å². The van der Waals surface area contributed by atoms with Crippen LogP contribution < -0.4 is 10.6 Å². The first-order valence-corrected chi connectivity index (χ1v) is 7.52. The lowest BCUT2D eigenvalue weighted by molar-refractivity contribution is -0.123. The predicted molar refractivity (Wildman–Crippen MR) is 93.6 cm³/mol. The van der Waals surface area contributed by atoms with E-state index >= 15 is 0 Å². The number of nitrogens with zero attached hydrogens (tertiary/aromatic N) is 1. The van der Waals surface area contributed by atoms with Crippen LogP contribution >= 0.6 is 0 Å². The predicted octanol–water partition coefficient (Wildman–Crippen LogP) is 3.80. The van der Waals surface area contributed by atoms with Gasteiger partial charge in [-0.2, -0.15) is 5.26 Å². The van der Waals surface area contributed by atoms with Crippen molar-refractivity contribution in [3.8, 4) is 6.07 Å².